The van der Waals surface area contributed by atoms with E-state index in [9.17, 15) is 4.79 Å². The average Bonchev–Trinajstić information content (AvgIpc) is 3.56. The van der Waals surface area contributed by atoms with Crippen LogP contribution in [0.4, 0.5) is 5.69 Å². The van der Waals surface area contributed by atoms with Crippen molar-refractivity contribution in [2.45, 2.75) is 32.4 Å². The van der Waals surface area contributed by atoms with E-state index < -0.39 is 6.04 Å². The van der Waals surface area contributed by atoms with Crippen molar-refractivity contribution in [3.63, 3.8) is 0 Å². The van der Waals surface area contributed by atoms with Gasteiger partial charge < -0.3 is 14.0 Å². The zero-order valence-electron chi connectivity index (χ0n) is 21.1. The third kappa shape index (κ3) is 3.72. The number of fused-ring (bicyclic) bond motifs is 2. The van der Waals surface area contributed by atoms with Crippen molar-refractivity contribution in [2.24, 2.45) is 7.05 Å². The third-order valence-corrected chi connectivity index (χ3v) is 7.26. The fraction of sp³-hybridized carbons (Fsp3) is 0.333. The Morgan fingerprint density at radius 2 is 1.97 bits per heavy atom. The van der Waals surface area contributed by atoms with E-state index in [4.69, 9.17) is 26.1 Å². The van der Waals surface area contributed by atoms with Gasteiger partial charge in [-0.2, -0.15) is 0 Å². The lowest BCUT2D eigenvalue weighted by Gasteiger charge is -2.29. The summed E-state index contributed by atoms with van der Waals surface area (Å²) in [6, 6.07) is 11.1. The quantitative estimate of drug-likeness (QED) is 0.371. The highest BCUT2D eigenvalue weighted by atomic mass is 35.5. The molecule has 10 heteroatoms. The van der Waals surface area contributed by atoms with E-state index in [1.807, 2.05) is 43.4 Å². The number of hydrogen-bond donors (Lipinski definition) is 0. The molecule has 2 aliphatic heterocycles. The molecule has 37 heavy (non-hydrogen) atoms. The van der Waals surface area contributed by atoms with Crippen LogP contribution in [0.15, 0.2) is 42.5 Å². The Balaban J connectivity index is 1.60. The van der Waals surface area contributed by atoms with E-state index >= 15 is 0 Å². The molecule has 0 bridgehead atoms. The van der Waals surface area contributed by atoms with Gasteiger partial charge in [-0.3, -0.25) is 9.69 Å². The molecule has 6 rings (SSSR count). The van der Waals surface area contributed by atoms with E-state index in [2.05, 4.69) is 34.8 Å². The third-order valence-electron chi connectivity index (χ3n) is 7.00. The van der Waals surface area contributed by atoms with Crippen molar-refractivity contribution in [2.75, 3.05) is 25.2 Å². The van der Waals surface area contributed by atoms with E-state index in [1.54, 1.807) is 16.7 Å². The molecule has 0 fully saturated rings. The van der Waals surface area contributed by atoms with Crippen LogP contribution in [-0.2, 0) is 11.8 Å². The van der Waals surface area contributed by atoms with Gasteiger partial charge in [0.2, 0.25) is 0 Å². The van der Waals surface area contributed by atoms with Crippen LogP contribution in [-0.4, -0.2) is 50.8 Å². The molecular formula is C27H27ClN6O3. The number of carbonyl (C=O) groups excluding carboxylic acids is 1. The first-order valence-corrected chi connectivity index (χ1v) is 12.6. The van der Waals surface area contributed by atoms with Gasteiger partial charge in [-0.05, 0) is 49.6 Å². The Morgan fingerprint density at radius 1 is 1.19 bits per heavy atom. The van der Waals surface area contributed by atoms with Crippen molar-refractivity contribution in [1.29, 1.82) is 0 Å². The number of nitrogens with zero attached hydrogens (tertiary/aromatic N) is 6. The molecule has 0 radical (unpaired) electrons. The zero-order valence-corrected chi connectivity index (χ0v) is 21.9. The maximum Gasteiger partial charge on any atom is 0.279 e. The number of amides is 1. The predicted molar refractivity (Wildman–Crippen MR) is 141 cm³/mol. The molecule has 2 aromatic carbocycles. The molecule has 1 atom stereocenters. The number of methoxy groups -OCH3 is 1. The molecule has 4 heterocycles. The van der Waals surface area contributed by atoms with Crippen molar-refractivity contribution in [3.05, 3.63) is 70.3 Å². The summed E-state index contributed by atoms with van der Waals surface area (Å²) >= 11 is 6.25. The maximum absolute atomic E-state index is 14.2. The zero-order chi connectivity index (χ0) is 25.8. The predicted octanol–water partition coefficient (Wildman–Crippen LogP) is 4.96. The molecule has 2 aromatic heterocycles. The molecule has 9 nitrogen and oxygen atoms in total. The van der Waals surface area contributed by atoms with Crippen molar-refractivity contribution >= 4 is 39.8 Å². The van der Waals surface area contributed by atoms with Gasteiger partial charge in [-0.15, -0.1) is 5.10 Å². The summed E-state index contributed by atoms with van der Waals surface area (Å²) < 4.78 is 15.0. The second-order valence-electron chi connectivity index (χ2n) is 9.55. The van der Waals surface area contributed by atoms with Gasteiger partial charge in [-0.1, -0.05) is 35.0 Å². The van der Waals surface area contributed by atoms with Gasteiger partial charge in [0.25, 0.3) is 5.91 Å². The number of aryl methyl sites for hydroxylation is 1. The standard InChI is InChI=1S/C27H27ClN6O3/c1-15(2)33-25-23(29-26(33)17-9-11-37-12-10-17)27(35)34(24(25)16-5-7-18(28)8-6-16)19-13-20-22(21(14-19)36-4)30-31-32(20)3/h5-9,13-15,24H,10-12H2,1-4H3/t24-/m0/s1. The smallest absolute Gasteiger partial charge is 0.279 e. The average molecular weight is 519 g/mol. The van der Waals surface area contributed by atoms with Crippen LogP contribution in [0.3, 0.4) is 0 Å². The Kier molecular flexibility index (Phi) is 5.77. The number of halogens is 1. The minimum Gasteiger partial charge on any atom is -0.494 e. The number of benzene rings is 2. The van der Waals surface area contributed by atoms with E-state index in [1.165, 1.54) is 0 Å². The normalized spacial score (nSPS) is 17.6. The van der Waals surface area contributed by atoms with Crippen LogP contribution < -0.4 is 9.64 Å². The molecule has 0 saturated carbocycles. The first-order valence-electron chi connectivity index (χ1n) is 12.2. The molecule has 0 unspecified atom stereocenters. The SMILES string of the molecule is COc1cc(N2C(=O)c3nc(C4=CCOCC4)n(C(C)C)c3[C@@H]2c2ccc(Cl)cc2)cc2c1nnn2C. The van der Waals surface area contributed by atoms with Crippen LogP contribution in [0.5, 0.6) is 5.75 Å². The van der Waals surface area contributed by atoms with Crippen LogP contribution in [0.1, 0.15) is 59.9 Å². The summed E-state index contributed by atoms with van der Waals surface area (Å²) in [5.74, 6) is 1.21. The number of aromatic nitrogens is 5. The lowest BCUT2D eigenvalue weighted by Crippen LogP contribution is -2.30. The highest BCUT2D eigenvalue weighted by Crippen LogP contribution is 2.46. The van der Waals surface area contributed by atoms with E-state index in [0.29, 0.717) is 40.9 Å². The lowest BCUT2D eigenvalue weighted by molar-refractivity contribution is 0.0989. The van der Waals surface area contributed by atoms with E-state index in [0.717, 1.165) is 34.6 Å². The second-order valence-corrected chi connectivity index (χ2v) is 9.98. The number of anilines is 1. The molecular weight excluding hydrogens is 492 g/mol. The Hall–Kier alpha value is -3.69. The number of ether oxygens (including phenoxy) is 2. The fourth-order valence-corrected chi connectivity index (χ4v) is 5.42. The molecule has 4 aromatic rings. The maximum atomic E-state index is 14.2. The molecule has 2 aliphatic rings. The monoisotopic (exact) mass is 518 g/mol. The van der Waals surface area contributed by atoms with Gasteiger partial charge >= 0.3 is 0 Å². The molecule has 1 amide bonds. The first kappa shape index (κ1) is 23.7. The Labute approximate surface area is 219 Å². The molecule has 0 aliphatic carbocycles. The van der Waals surface area contributed by atoms with Crippen molar-refractivity contribution in [1.82, 2.24) is 24.5 Å². The van der Waals surface area contributed by atoms with E-state index in [-0.39, 0.29) is 11.9 Å². The molecule has 0 spiro atoms. The van der Waals surface area contributed by atoms with Gasteiger partial charge in [0, 0.05) is 24.2 Å². The van der Waals surface area contributed by atoms with Crippen LogP contribution in [0.2, 0.25) is 5.02 Å². The van der Waals surface area contributed by atoms with Crippen LogP contribution in [0.25, 0.3) is 16.6 Å². The first-order chi connectivity index (χ1) is 17.9. The van der Waals surface area contributed by atoms with Gasteiger partial charge in [0.05, 0.1) is 37.2 Å². The fourth-order valence-electron chi connectivity index (χ4n) is 5.30. The second kappa shape index (κ2) is 9.00. The summed E-state index contributed by atoms with van der Waals surface area (Å²) in [5.41, 5.74) is 5.45. The topological polar surface area (TPSA) is 87.3 Å². The number of hydrogen-bond acceptors (Lipinski definition) is 6. The lowest BCUT2D eigenvalue weighted by atomic mass is 10.0. The highest BCUT2D eigenvalue weighted by molar-refractivity contribution is 6.30. The molecule has 0 saturated heterocycles. The minimum absolute atomic E-state index is 0.0795. The molecule has 0 N–H and O–H groups in total. The summed E-state index contributed by atoms with van der Waals surface area (Å²) in [6.07, 6.45) is 2.82. The van der Waals surface area contributed by atoms with Crippen molar-refractivity contribution < 1.29 is 14.3 Å². The number of carbonyl (C=O) groups is 1. The summed E-state index contributed by atoms with van der Waals surface area (Å²) in [4.78, 5) is 20.9. The van der Waals surface area contributed by atoms with Crippen LogP contribution >= 0.6 is 11.6 Å². The van der Waals surface area contributed by atoms with Gasteiger partial charge in [0.15, 0.2) is 17.0 Å². The minimum atomic E-state index is -0.410. The molecule has 190 valence electrons. The highest BCUT2D eigenvalue weighted by Gasteiger charge is 2.45. The van der Waals surface area contributed by atoms with Crippen molar-refractivity contribution in [3.8, 4) is 5.75 Å². The van der Waals surface area contributed by atoms with Gasteiger partial charge in [0.1, 0.15) is 11.9 Å². The van der Waals surface area contributed by atoms with Gasteiger partial charge in [-0.25, -0.2) is 9.67 Å². The Morgan fingerprint density at radius 3 is 2.65 bits per heavy atom. The summed E-state index contributed by atoms with van der Waals surface area (Å²) in [6.45, 7) is 5.42. The Bertz CT molecular complexity index is 1550. The number of rotatable bonds is 5. The summed E-state index contributed by atoms with van der Waals surface area (Å²) in [5, 5.41) is 9.01. The summed E-state index contributed by atoms with van der Waals surface area (Å²) in [7, 11) is 3.41. The number of imidazole rings is 1. The largest absolute Gasteiger partial charge is 0.494 e. The van der Waals surface area contributed by atoms with Crippen LogP contribution in [0, 0.1) is 0 Å².